The molecular weight excluding hydrogens is 637 g/mol. The van der Waals surface area contributed by atoms with Crippen molar-refractivity contribution in [1.82, 2.24) is 19.6 Å². The van der Waals surface area contributed by atoms with Gasteiger partial charge in [0.1, 0.15) is 24.2 Å². The topological polar surface area (TPSA) is 186 Å². The van der Waals surface area contributed by atoms with Gasteiger partial charge in [-0.25, -0.2) is 9.59 Å². The van der Waals surface area contributed by atoms with Crippen LogP contribution in [0.5, 0.6) is 0 Å². The standard InChI is InChI=1S/2C12H21N3O4.2ClH.Zn/c2*1-4-19-12(18)9(3)15-6-5-14(10(16)7-13)8(2)11(15)17;;;/h2*8-9H,4-7,13H2,1-3H3;2*1H;/q;;;;+2/p-2/t2*8-,9-;;;/m00.../s1. The van der Waals surface area contributed by atoms with Gasteiger partial charge in [-0.1, -0.05) is 0 Å². The molecule has 0 aromatic heterocycles. The molecule has 2 fully saturated rings. The predicted molar refractivity (Wildman–Crippen MR) is 136 cm³/mol. The van der Waals surface area contributed by atoms with Gasteiger partial charge in [0.2, 0.25) is 23.6 Å². The molecule has 0 aromatic carbocycles. The number of ether oxygens (including phenoxy) is 2. The Morgan fingerprint density at radius 2 is 1.02 bits per heavy atom. The number of nitrogens with two attached hydrogens (primary N) is 2. The molecule has 0 unspecified atom stereocenters. The second-order valence-corrected chi connectivity index (χ2v) is 8.85. The Balaban J connectivity index is -0.000000656. The van der Waals surface area contributed by atoms with Crippen LogP contribution in [-0.2, 0) is 57.7 Å². The summed E-state index contributed by atoms with van der Waals surface area (Å²) >= 11 is 0. The Morgan fingerprint density at radius 3 is 1.27 bits per heavy atom. The molecule has 0 bridgehead atoms. The van der Waals surface area contributed by atoms with Gasteiger partial charge in [-0.3, -0.25) is 19.2 Å². The van der Waals surface area contributed by atoms with Crippen LogP contribution >= 0.6 is 0 Å². The number of hydrogen-bond acceptors (Lipinski definition) is 10. The maximum Gasteiger partial charge on any atom is 2.00 e. The van der Waals surface area contributed by atoms with Gasteiger partial charge >= 0.3 is 31.4 Å². The Labute approximate surface area is 266 Å². The molecule has 0 aliphatic carbocycles. The molecule has 2 heterocycles. The normalized spacial score (nSPS) is 19.7. The third-order valence-electron chi connectivity index (χ3n) is 6.56. The van der Waals surface area contributed by atoms with Crippen LogP contribution in [0.3, 0.4) is 0 Å². The van der Waals surface area contributed by atoms with Crippen molar-refractivity contribution in [3.05, 3.63) is 0 Å². The summed E-state index contributed by atoms with van der Waals surface area (Å²) in [5.41, 5.74) is 10.6. The molecule has 4 atom stereocenters. The molecular formula is C24H42Cl2N6O8Zn. The SMILES string of the molecule is CCOC(=O)[C@H](C)N1CCN(C(=O)CN)[C@@H](C)C1=O.CCOC(=O)[C@H](C)N1CCN(C(=O)CN)[C@@H](C)C1=O.[Cl-].[Cl-].[Zn+2]. The van der Waals surface area contributed by atoms with Crippen molar-refractivity contribution in [1.29, 1.82) is 0 Å². The summed E-state index contributed by atoms with van der Waals surface area (Å²) < 4.78 is 9.81. The average molecular weight is 679 g/mol. The second-order valence-electron chi connectivity index (χ2n) is 8.85. The van der Waals surface area contributed by atoms with Gasteiger partial charge in [-0.15, -0.1) is 0 Å². The third kappa shape index (κ3) is 11.3. The first-order valence-electron chi connectivity index (χ1n) is 12.8. The molecule has 2 aliphatic rings. The molecule has 0 spiro atoms. The Bertz CT molecular complexity index is 832. The molecule has 0 aromatic rings. The quantitative estimate of drug-likeness (QED) is 0.185. The van der Waals surface area contributed by atoms with Crippen molar-refractivity contribution in [2.75, 3.05) is 52.5 Å². The molecule has 232 valence electrons. The monoisotopic (exact) mass is 676 g/mol. The Hall–Kier alpha value is -2.06. The van der Waals surface area contributed by atoms with E-state index in [0.717, 1.165) is 0 Å². The second kappa shape index (κ2) is 20.8. The molecule has 4 amide bonds. The van der Waals surface area contributed by atoms with Crippen molar-refractivity contribution in [3.8, 4) is 0 Å². The number of esters is 2. The maximum absolute atomic E-state index is 12.2. The third-order valence-corrected chi connectivity index (χ3v) is 6.56. The number of rotatable bonds is 8. The maximum atomic E-state index is 12.2. The van der Waals surface area contributed by atoms with E-state index in [1.54, 1.807) is 41.5 Å². The zero-order valence-corrected chi connectivity index (χ0v) is 29.1. The fourth-order valence-corrected chi connectivity index (χ4v) is 4.25. The van der Waals surface area contributed by atoms with Crippen LogP contribution < -0.4 is 36.3 Å². The molecule has 2 aliphatic heterocycles. The number of carbonyl (C=O) groups is 6. The Kier molecular flexibility index (Phi) is 22.0. The van der Waals surface area contributed by atoms with Gasteiger partial charge in [-0.2, -0.15) is 0 Å². The van der Waals surface area contributed by atoms with Gasteiger partial charge in [0.15, 0.2) is 0 Å². The van der Waals surface area contributed by atoms with Gasteiger partial charge in [0.25, 0.3) is 0 Å². The smallest absolute Gasteiger partial charge is 1.00 e. The van der Waals surface area contributed by atoms with Crippen molar-refractivity contribution in [3.63, 3.8) is 0 Å². The van der Waals surface area contributed by atoms with Crippen LogP contribution in [0, 0.1) is 0 Å². The van der Waals surface area contributed by atoms with Crippen LogP contribution in [-0.4, -0.2) is 132 Å². The summed E-state index contributed by atoms with van der Waals surface area (Å²) in [5.74, 6) is -1.89. The van der Waals surface area contributed by atoms with Crippen LogP contribution in [0.2, 0.25) is 0 Å². The Morgan fingerprint density at radius 1 is 0.732 bits per heavy atom. The summed E-state index contributed by atoms with van der Waals surface area (Å²) in [7, 11) is 0. The first-order valence-corrected chi connectivity index (χ1v) is 12.8. The predicted octanol–water partition coefficient (Wildman–Crippen LogP) is -8.08. The molecule has 41 heavy (non-hydrogen) atoms. The molecule has 0 saturated carbocycles. The minimum absolute atomic E-state index is 0. The van der Waals surface area contributed by atoms with Crippen LogP contribution in [0.25, 0.3) is 0 Å². The molecule has 0 radical (unpaired) electrons. The first-order chi connectivity index (χ1) is 17.9. The van der Waals surface area contributed by atoms with E-state index in [4.69, 9.17) is 20.9 Å². The van der Waals surface area contributed by atoms with Gasteiger partial charge in [0.05, 0.1) is 26.3 Å². The van der Waals surface area contributed by atoms with Crippen LogP contribution in [0.4, 0.5) is 0 Å². The zero-order chi connectivity index (χ0) is 29.2. The molecule has 14 nitrogen and oxygen atoms in total. The van der Waals surface area contributed by atoms with Gasteiger partial charge < -0.3 is 65.4 Å². The first kappa shape index (κ1) is 43.4. The summed E-state index contributed by atoms with van der Waals surface area (Å²) in [6.07, 6.45) is 0. The van der Waals surface area contributed by atoms with E-state index < -0.39 is 36.1 Å². The summed E-state index contributed by atoms with van der Waals surface area (Å²) in [6.45, 7) is 11.7. The van der Waals surface area contributed by atoms with E-state index in [0.29, 0.717) is 26.2 Å². The van der Waals surface area contributed by atoms with Crippen molar-refractivity contribution in [2.24, 2.45) is 11.5 Å². The number of nitrogens with zero attached hydrogens (tertiary/aromatic N) is 4. The van der Waals surface area contributed by atoms with E-state index in [1.807, 2.05) is 0 Å². The number of carbonyl (C=O) groups excluding carboxylic acids is 6. The summed E-state index contributed by atoms with van der Waals surface area (Å²) in [5, 5.41) is 0. The van der Waals surface area contributed by atoms with Crippen molar-refractivity contribution < 1.29 is 82.5 Å². The van der Waals surface area contributed by atoms with E-state index in [-0.39, 0.29) is 94.2 Å². The molecule has 2 saturated heterocycles. The van der Waals surface area contributed by atoms with Crippen LogP contribution in [0.15, 0.2) is 0 Å². The molecule has 17 heteroatoms. The van der Waals surface area contributed by atoms with Crippen molar-refractivity contribution >= 4 is 35.6 Å². The van der Waals surface area contributed by atoms with Gasteiger partial charge in [-0.05, 0) is 41.5 Å². The average Bonchev–Trinajstić information content (AvgIpc) is 2.90. The molecule has 2 rings (SSSR count). The number of halogens is 2. The summed E-state index contributed by atoms with van der Waals surface area (Å²) in [6, 6.07) is -2.46. The van der Waals surface area contributed by atoms with E-state index in [2.05, 4.69) is 0 Å². The number of piperazine rings is 2. The molecule has 4 N–H and O–H groups in total. The van der Waals surface area contributed by atoms with E-state index >= 15 is 0 Å². The summed E-state index contributed by atoms with van der Waals surface area (Å²) in [4.78, 5) is 76.6. The minimum Gasteiger partial charge on any atom is -1.00 e. The van der Waals surface area contributed by atoms with E-state index in [1.165, 1.54) is 19.6 Å². The number of amides is 4. The number of hydrogen-bond donors (Lipinski definition) is 2. The minimum atomic E-state index is -0.634. The fourth-order valence-electron chi connectivity index (χ4n) is 4.25. The van der Waals surface area contributed by atoms with Crippen molar-refractivity contribution in [2.45, 2.75) is 65.7 Å². The zero-order valence-electron chi connectivity index (χ0n) is 24.6. The van der Waals surface area contributed by atoms with Gasteiger partial charge in [0, 0.05) is 26.2 Å². The van der Waals surface area contributed by atoms with E-state index in [9.17, 15) is 28.8 Å². The largest absolute Gasteiger partial charge is 2.00 e. The van der Waals surface area contributed by atoms with Crippen LogP contribution in [0.1, 0.15) is 41.5 Å². The fraction of sp³-hybridized carbons (Fsp3) is 0.750.